The minimum Gasteiger partial charge on any atom is -0.483 e. The van der Waals surface area contributed by atoms with Crippen molar-refractivity contribution < 1.29 is 9.53 Å². The van der Waals surface area contributed by atoms with E-state index in [-0.39, 0.29) is 18.6 Å². The molecule has 0 bridgehead atoms. The third-order valence-electron chi connectivity index (χ3n) is 4.25. The molecule has 2 rings (SSSR count). The summed E-state index contributed by atoms with van der Waals surface area (Å²) in [6.07, 6.45) is 0. The molecule has 2 aromatic carbocycles. The Balaban J connectivity index is 1.94. The summed E-state index contributed by atoms with van der Waals surface area (Å²) in [7, 11) is 0. The third kappa shape index (κ3) is 5.33. The molecule has 0 saturated carbocycles. The second-order valence-corrected chi connectivity index (χ2v) is 7.64. The van der Waals surface area contributed by atoms with Crippen molar-refractivity contribution in [3.8, 4) is 5.75 Å². The molecule has 25 heavy (non-hydrogen) atoms. The molecule has 0 aliphatic carbocycles. The number of halogens is 1. The van der Waals surface area contributed by atoms with Crippen molar-refractivity contribution in [3.05, 3.63) is 63.1 Å². The van der Waals surface area contributed by atoms with E-state index >= 15 is 0 Å². The number of hydrogen-bond acceptors (Lipinski definition) is 2. The zero-order chi connectivity index (χ0) is 18.6. The maximum Gasteiger partial charge on any atom is 0.258 e. The Hall–Kier alpha value is -1.81. The van der Waals surface area contributed by atoms with E-state index in [1.54, 1.807) is 0 Å². The number of aryl methyl sites for hydroxylation is 2. The lowest BCUT2D eigenvalue weighted by atomic mass is 10.0. The fourth-order valence-electron chi connectivity index (χ4n) is 2.81. The van der Waals surface area contributed by atoms with Gasteiger partial charge in [-0.3, -0.25) is 4.79 Å². The van der Waals surface area contributed by atoms with Crippen LogP contribution in [0.15, 0.2) is 40.9 Å². The molecule has 1 amide bonds. The van der Waals surface area contributed by atoms with Crippen LogP contribution in [0.3, 0.4) is 0 Å². The largest absolute Gasteiger partial charge is 0.483 e. The third-order valence-corrected chi connectivity index (χ3v) is 4.87. The molecule has 1 N–H and O–H groups in total. The van der Waals surface area contributed by atoms with Gasteiger partial charge in [0.15, 0.2) is 6.61 Å². The van der Waals surface area contributed by atoms with Crippen LogP contribution in [0, 0.1) is 13.8 Å². The minimum atomic E-state index is -0.132. The highest BCUT2D eigenvalue weighted by atomic mass is 79.9. The SMILES string of the molecule is Cc1ccc(C(C)NC(=O)COc2ccc(C(C)C)cc2Br)c(C)c1. The van der Waals surface area contributed by atoms with Gasteiger partial charge in [0.25, 0.3) is 5.91 Å². The van der Waals surface area contributed by atoms with Gasteiger partial charge in [-0.15, -0.1) is 0 Å². The fourth-order valence-corrected chi connectivity index (χ4v) is 3.32. The number of hydrogen-bond donors (Lipinski definition) is 1. The number of rotatable bonds is 6. The average molecular weight is 404 g/mol. The van der Waals surface area contributed by atoms with Crippen LogP contribution < -0.4 is 10.1 Å². The van der Waals surface area contributed by atoms with Gasteiger partial charge >= 0.3 is 0 Å². The Bertz CT molecular complexity index is 756. The van der Waals surface area contributed by atoms with Crippen LogP contribution in [0.2, 0.25) is 0 Å². The normalized spacial score (nSPS) is 12.1. The lowest BCUT2D eigenvalue weighted by Crippen LogP contribution is -2.31. The van der Waals surface area contributed by atoms with Gasteiger partial charge in [0.2, 0.25) is 0 Å². The van der Waals surface area contributed by atoms with E-state index in [9.17, 15) is 4.79 Å². The van der Waals surface area contributed by atoms with Crippen molar-refractivity contribution in [2.45, 2.75) is 46.6 Å². The van der Waals surface area contributed by atoms with Crippen LogP contribution in [-0.4, -0.2) is 12.5 Å². The predicted molar refractivity (Wildman–Crippen MR) is 106 cm³/mol. The predicted octanol–water partition coefficient (Wildman–Crippen LogP) is 5.45. The maximum atomic E-state index is 12.2. The summed E-state index contributed by atoms with van der Waals surface area (Å²) in [5, 5.41) is 3.00. The molecule has 0 fully saturated rings. The number of amides is 1. The van der Waals surface area contributed by atoms with E-state index in [4.69, 9.17) is 4.74 Å². The van der Waals surface area contributed by atoms with E-state index < -0.39 is 0 Å². The smallest absolute Gasteiger partial charge is 0.258 e. The summed E-state index contributed by atoms with van der Waals surface area (Å²) >= 11 is 3.51. The van der Waals surface area contributed by atoms with Crippen molar-refractivity contribution >= 4 is 21.8 Å². The second-order valence-electron chi connectivity index (χ2n) is 6.78. The summed E-state index contributed by atoms with van der Waals surface area (Å²) in [5.74, 6) is 0.998. The Labute approximate surface area is 158 Å². The standard InChI is InChI=1S/C21H26BrNO2/c1-13(2)17-7-9-20(19(22)11-17)25-12-21(24)23-16(5)18-8-6-14(3)10-15(18)4/h6-11,13,16H,12H2,1-5H3,(H,23,24). The van der Waals surface area contributed by atoms with Gasteiger partial charge in [0, 0.05) is 0 Å². The lowest BCUT2D eigenvalue weighted by molar-refractivity contribution is -0.123. The summed E-state index contributed by atoms with van der Waals surface area (Å²) in [6, 6.07) is 12.2. The number of benzene rings is 2. The monoisotopic (exact) mass is 403 g/mol. The van der Waals surface area contributed by atoms with Crippen LogP contribution in [-0.2, 0) is 4.79 Å². The highest BCUT2D eigenvalue weighted by Gasteiger charge is 2.13. The fraction of sp³-hybridized carbons (Fsp3) is 0.381. The Kier molecular flexibility index (Phi) is 6.65. The Morgan fingerprint density at radius 2 is 1.84 bits per heavy atom. The first-order valence-electron chi connectivity index (χ1n) is 8.56. The van der Waals surface area contributed by atoms with Gasteiger partial charge in [0.1, 0.15) is 5.75 Å². The van der Waals surface area contributed by atoms with Crippen LogP contribution in [0.5, 0.6) is 5.75 Å². The Morgan fingerprint density at radius 3 is 2.44 bits per heavy atom. The van der Waals surface area contributed by atoms with Crippen molar-refractivity contribution in [2.24, 2.45) is 0 Å². The number of carbonyl (C=O) groups is 1. The molecule has 3 nitrogen and oxygen atoms in total. The van der Waals surface area contributed by atoms with Crippen molar-refractivity contribution in [2.75, 3.05) is 6.61 Å². The van der Waals surface area contributed by atoms with E-state index in [1.807, 2.05) is 25.1 Å². The molecule has 0 aromatic heterocycles. The first-order valence-corrected chi connectivity index (χ1v) is 9.36. The topological polar surface area (TPSA) is 38.3 Å². The van der Waals surface area contributed by atoms with Crippen LogP contribution in [0.1, 0.15) is 55.0 Å². The van der Waals surface area contributed by atoms with E-state index in [0.717, 1.165) is 10.0 Å². The first-order chi connectivity index (χ1) is 11.8. The van der Waals surface area contributed by atoms with Crippen molar-refractivity contribution in [3.63, 3.8) is 0 Å². The molecular weight excluding hydrogens is 378 g/mol. The lowest BCUT2D eigenvalue weighted by Gasteiger charge is -2.18. The minimum absolute atomic E-state index is 0.00509. The highest BCUT2D eigenvalue weighted by Crippen LogP contribution is 2.29. The van der Waals surface area contributed by atoms with Gasteiger partial charge in [-0.25, -0.2) is 0 Å². The second kappa shape index (κ2) is 8.52. The molecule has 1 unspecified atom stereocenters. The quantitative estimate of drug-likeness (QED) is 0.696. The molecule has 2 aromatic rings. The molecule has 0 aliphatic rings. The van der Waals surface area contributed by atoms with E-state index in [0.29, 0.717) is 11.7 Å². The number of ether oxygens (including phenoxy) is 1. The van der Waals surface area contributed by atoms with Crippen LogP contribution in [0.4, 0.5) is 0 Å². The molecule has 4 heteroatoms. The first kappa shape index (κ1) is 19.5. The van der Waals surface area contributed by atoms with Gasteiger partial charge in [-0.1, -0.05) is 43.7 Å². The summed E-state index contributed by atoms with van der Waals surface area (Å²) in [4.78, 5) is 12.2. The van der Waals surface area contributed by atoms with Crippen LogP contribution in [0.25, 0.3) is 0 Å². The average Bonchev–Trinajstić information content (AvgIpc) is 2.53. The maximum absolute atomic E-state index is 12.2. The van der Waals surface area contributed by atoms with E-state index in [2.05, 4.69) is 67.1 Å². The van der Waals surface area contributed by atoms with Gasteiger partial charge in [-0.05, 0) is 71.4 Å². The zero-order valence-electron chi connectivity index (χ0n) is 15.5. The summed E-state index contributed by atoms with van der Waals surface area (Å²) in [6.45, 7) is 10.4. The Morgan fingerprint density at radius 1 is 1.12 bits per heavy atom. The molecule has 134 valence electrons. The number of nitrogens with one attached hydrogen (secondary N) is 1. The van der Waals surface area contributed by atoms with Gasteiger partial charge in [-0.2, -0.15) is 0 Å². The molecule has 0 radical (unpaired) electrons. The molecular formula is C21H26BrNO2. The van der Waals surface area contributed by atoms with Crippen molar-refractivity contribution in [1.82, 2.24) is 5.32 Å². The zero-order valence-corrected chi connectivity index (χ0v) is 17.1. The number of carbonyl (C=O) groups excluding carboxylic acids is 1. The van der Waals surface area contributed by atoms with Crippen molar-refractivity contribution in [1.29, 1.82) is 0 Å². The molecule has 1 atom stereocenters. The molecule has 0 heterocycles. The molecule has 0 saturated heterocycles. The highest BCUT2D eigenvalue weighted by molar-refractivity contribution is 9.10. The van der Waals surface area contributed by atoms with Gasteiger partial charge in [0.05, 0.1) is 10.5 Å². The van der Waals surface area contributed by atoms with Gasteiger partial charge < -0.3 is 10.1 Å². The molecule has 0 aliphatic heterocycles. The van der Waals surface area contributed by atoms with Crippen LogP contribution >= 0.6 is 15.9 Å². The summed E-state index contributed by atoms with van der Waals surface area (Å²) < 4.78 is 6.53. The van der Waals surface area contributed by atoms with E-state index in [1.165, 1.54) is 16.7 Å². The molecule has 0 spiro atoms. The summed E-state index contributed by atoms with van der Waals surface area (Å²) in [5.41, 5.74) is 4.76.